The number of hydrogen-bond acceptors (Lipinski definition) is 4. The Kier molecular flexibility index (Phi) is 4.17. The van der Waals surface area contributed by atoms with E-state index in [1.165, 1.54) is 25.3 Å². The van der Waals surface area contributed by atoms with Crippen LogP contribution in [0.5, 0.6) is 17.2 Å². The lowest BCUT2D eigenvalue weighted by Gasteiger charge is -2.14. The van der Waals surface area contributed by atoms with Gasteiger partial charge in [-0.05, 0) is 35.4 Å². The molecule has 3 aromatic carbocycles. The first-order valence-electron chi connectivity index (χ1n) is 7.12. The van der Waals surface area contributed by atoms with Crippen LogP contribution in [0.1, 0.15) is 0 Å². The van der Waals surface area contributed by atoms with E-state index in [0.29, 0.717) is 11.3 Å². The summed E-state index contributed by atoms with van der Waals surface area (Å²) in [6.07, 6.45) is 0. The largest absolute Gasteiger partial charge is 0.508 e. The summed E-state index contributed by atoms with van der Waals surface area (Å²) in [6, 6.07) is 19.5. The summed E-state index contributed by atoms with van der Waals surface area (Å²) in [5.74, 6) is 0.761. The van der Waals surface area contributed by atoms with Gasteiger partial charge in [-0.2, -0.15) is 4.89 Å². The van der Waals surface area contributed by atoms with Gasteiger partial charge in [-0.1, -0.05) is 42.5 Å². The number of hydrogen-bond donors (Lipinski definition) is 2. The summed E-state index contributed by atoms with van der Waals surface area (Å²) >= 11 is 0. The Balaban J connectivity index is 2.22. The number of rotatable bonds is 4. The molecule has 2 N–H and O–H groups in total. The van der Waals surface area contributed by atoms with E-state index >= 15 is 0 Å². The van der Waals surface area contributed by atoms with Crippen LogP contribution in [0.4, 0.5) is 0 Å². The van der Waals surface area contributed by atoms with Crippen LogP contribution >= 0.6 is 0 Å². The van der Waals surface area contributed by atoms with Crippen LogP contribution in [-0.2, 0) is 4.89 Å². The van der Waals surface area contributed by atoms with Crippen LogP contribution in [0.15, 0.2) is 66.7 Å². The molecule has 116 valence electrons. The number of phenolic OH excluding ortho intramolecular Hbond substituents is 2. The summed E-state index contributed by atoms with van der Waals surface area (Å²) < 4.78 is 0. The molecule has 0 unspecified atom stereocenters. The Morgan fingerprint density at radius 1 is 0.696 bits per heavy atom. The Labute approximate surface area is 134 Å². The summed E-state index contributed by atoms with van der Waals surface area (Å²) in [5, 5.41) is 19.9. The van der Waals surface area contributed by atoms with Crippen molar-refractivity contribution in [2.75, 3.05) is 7.11 Å². The van der Waals surface area contributed by atoms with Gasteiger partial charge >= 0.3 is 0 Å². The molecule has 3 rings (SSSR count). The molecule has 0 bridgehead atoms. The fourth-order valence-electron chi connectivity index (χ4n) is 2.54. The SMILES string of the molecule is COOc1ccccc1-c1ccccc1-c1cc(O)ccc1O. The molecule has 0 radical (unpaired) electrons. The maximum absolute atomic E-state index is 10.2. The van der Waals surface area contributed by atoms with Crippen LogP contribution in [0.2, 0.25) is 0 Å². The third-order valence-electron chi connectivity index (χ3n) is 3.55. The van der Waals surface area contributed by atoms with E-state index in [9.17, 15) is 10.2 Å². The molecule has 0 aliphatic rings. The Bertz CT molecular complexity index is 827. The molecule has 4 nitrogen and oxygen atoms in total. The van der Waals surface area contributed by atoms with Crippen LogP contribution in [-0.4, -0.2) is 17.3 Å². The summed E-state index contributed by atoms with van der Waals surface area (Å²) in [5.41, 5.74) is 3.02. The lowest BCUT2D eigenvalue weighted by Crippen LogP contribution is -1.94. The van der Waals surface area contributed by atoms with Crippen molar-refractivity contribution in [2.45, 2.75) is 0 Å². The first-order chi connectivity index (χ1) is 11.2. The lowest BCUT2D eigenvalue weighted by molar-refractivity contribution is -0.177. The number of phenols is 2. The van der Waals surface area contributed by atoms with Gasteiger partial charge in [0.05, 0.1) is 7.11 Å². The molecule has 0 saturated heterocycles. The lowest BCUT2D eigenvalue weighted by atomic mass is 9.93. The van der Waals surface area contributed by atoms with Gasteiger partial charge in [0.25, 0.3) is 0 Å². The molecule has 0 aromatic heterocycles. The minimum Gasteiger partial charge on any atom is -0.508 e. The highest BCUT2D eigenvalue weighted by Gasteiger charge is 2.14. The van der Waals surface area contributed by atoms with E-state index in [-0.39, 0.29) is 11.5 Å². The first kappa shape index (κ1) is 14.9. The maximum Gasteiger partial charge on any atom is 0.173 e. The number of benzene rings is 3. The van der Waals surface area contributed by atoms with Crippen molar-refractivity contribution in [3.63, 3.8) is 0 Å². The second kappa shape index (κ2) is 6.42. The molecule has 4 heteroatoms. The number of para-hydroxylation sites is 1. The normalized spacial score (nSPS) is 10.5. The molecule has 0 fully saturated rings. The fourth-order valence-corrected chi connectivity index (χ4v) is 2.54. The second-order valence-electron chi connectivity index (χ2n) is 4.99. The summed E-state index contributed by atoms with van der Waals surface area (Å²) in [4.78, 5) is 10.0. The standard InChI is InChI=1S/C19H16O4/c1-22-23-19-9-5-4-8-16(19)14-6-2-3-7-15(14)17-12-13(20)10-11-18(17)21/h2-12,20-21H,1H3. The van der Waals surface area contributed by atoms with E-state index < -0.39 is 0 Å². The molecule has 3 aromatic rings. The molecule has 23 heavy (non-hydrogen) atoms. The molecule has 0 aliphatic heterocycles. The Morgan fingerprint density at radius 2 is 1.30 bits per heavy atom. The van der Waals surface area contributed by atoms with Gasteiger partial charge in [0.15, 0.2) is 5.75 Å². The van der Waals surface area contributed by atoms with Crippen molar-refractivity contribution in [3.8, 4) is 39.5 Å². The van der Waals surface area contributed by atoms with Crippen molar-refractivity contribution >= 4 is 0 Å². The third kappa shape index (κ3) is 2.98. The van der Waals surface area contributed by atoms with Crippen LogP contribution in [0.3, 0.4) is 0 Å². The topological polar surface area (TPSA) is 58.9 Å². The second-order valence-corrected chi connectivity index (χ2v) is 4.99. The molecule has 0 spiro atoms. The zero-order chi connectivity index (χ0) is 16.2. The third-order valence-corrected chi connectivity index (χ3v) is 3.55. The average molecular weight is 308 g/mol. The van der Waals surface area contributed by atoms with E-state index in [2.05, 4.69) is 0 Å². The van der Waals surface area contributed by atoms with E-state index in [1.54, 1.807) is 6.07 Å². The van der Waals surface area contributed by atoms with Gasteiger partial charge in [-0.3, -0.25) is 0 Å². The predicted octanol–water partition coefficient (Wildman–Crippen LogP) is 4.37. The quantitative estimate of drug-likeness (QED) is 0.427. The van der Waals surface area contributed by atoms with Crippen molar-refractivity contribution in [1.29, 1.82) is 0 Å². The predicted molar refractivity (Wildman–Crippen MR) is 88.3 cm³/mol. The number of aromatic hydroxyl groups is 2. The molecule has 0 amide bonds. The monoisotopic (exact) mass is 308 g/mol. The smallest absolute Gasteiger partial charge is 0.173 e. The summed E-state index contributed by atoms with van der Waals surface area (Å²) in [7, 11) is 1.45. The van der Waals surface area contributed by atoms with E-state index in [0.717, 1.165) is 16.7 Å². The minimum atomic E-state index is 0.0917. The van der Waals surface area contributed by atoms with Crippen LogP contribution < -0.4 is 4.89 Å². The zero-order valence-electron chi connectivity index (χ0n) is 12.6. The van der Waals surface area contributed by atoms with Gasteiger partial charge in [-0.15, -0.1) is 0 Å². The van der Waals surface area contributed by atoms with Crippen LogP contribution in [0, 0.1) is 0 Å². The van der Waals surface area contributed by atoms with Crippen LogP contribution in [0.25, 0.3) is 22.3 Å². The molecule has 0 atom stereocenters. The highest BCUT2D eigenvalue weighted by molar-refractivity contribution is 5.88. The van der Waals surface area contributed by atoms with E-state index in [1.807, 2.05) is 42.5 Å². The summed E-state index contributed by atoms with van der Waals surface area (Å²) in [6.45, 7) is 0. The van der Waals surface area contributed by atoms with Gasteiger partial charge in [0.1, 0.15) is 11.5 Å². The van der Waals surface area contributed by atoms with Gasteiger partial charge in [0.2, 0.25) is 0 Å². The Hall–Kier alpha value is -2.98. The minimum absolute atomic E-state index is 0.0917. The maximum atomic E-state index is 10.2. The Morgan fingerprint density at radius 3 is 2.00 bits per heavy atom. The average Bonchev–Trinajstić information content (AvgIpc) is 2.58. The fraction of sp³-hybridized carbons (Fsp3) is 0.0526. The van der Waals surface area contributed by atoms with Crippen molar-refractivity contribution < 1.29 is 20.0 Å². The molecular weight excluding hydrogens is 292 g/mol. The van der Waals surface area contributed by atoms with Crippen molar-refractivity contribution in [2.24, 2.45) is 0 Å². The highest BCUT2D eigenvalue weighted by atomic mass is 17.2. The van der Waals surface area contributed by atoms with Gasteiger partial charge < -0.3 is 15.1 Å². The molecule has 0 aliphatic carbocycles. The van der Waals surface area contributed by atoms with Gasteiger partial charge in [-0.25, -0.2) is 0 Å². The molecule has 0 heterocycles. The van der Waals surface area contributed by atoms with E-state index in [4.69, 9.17) is 9.78 Å². The molecule has 0 saturated carbocycles. The van der Waals surface area contributed by atoms with Crippen molar-refractivity contribution in [1.82, 2.24) is 0 Å². The zero-order valence-corrected chi connectivity index (χ0v) is 12.6. The highest BCUT2D eigenvalue weighted by Crippen LogP contribution is 2.41. The first-order valence-corrected chi connectivity index (χ1v) is 7.12. The van der Waals surface area contributed by atoms with Crippen molar-refractivity contribution in [3.05, 3.63) is 66.7 Å². The molecular formula is C19H16O4. The van der Waals surface area contributed by atoms with Gasteiger partial charge in [0, 0.05) is 11.1 Å².